The van der Waals surface area contributed by atoms with Gasteiger partial charge in [0.05, 0.1) is 16.0 Å². The van der Waals surface area contributed by atoms with Gasteiger partial charge >= 0.3 is 0 Å². The number of nitrogen functional groups attached to an aromatic ring is 1. The van der Waals surface area contributed by atoms with Gasteiger partial charge in [-0.05, 0) is 29.7 Å². The van der Waals surface area contributed by atoms with Crippen molar-refractivity contribution in [3.63, 3.8) is 0 Å². The Morgan fingerprint density at radius 2 is 1.69 bits per heavy atom. The number of anilines is 1. The average Bonchev–Trinajstić information content (AvgIpc) is 2.70. The van der Waals surface area contributed by atoms with Crippen molar-refractivity contribution in [1.29, 1.82) is 0 Å². The minimum atomic E-state index is -0.665. The summed E-state index contributed by atoms with van der Waals surface area (Å²) in [6, 6.07) is 16.4. The third-order valence-corrected chi connectivity index (χ3v) is 4.98. The predicted molar refractivity (Wildman–Crippen MR) is 111 cm³/mol. The van der Waals surface area contributed by atoms with Crippen LogP contribution in [0.4, 0.5) is 15.9 Å². The molecule has 8 heteroatoms. The van der Waals surface area contributed by atoms with Crippen molar-refractivity contribution in [3.05, 3.63) is 98.0 Å². The number of rotatable bonds is 3. The van der Waals surface area contributed by atoms with E-state index in [4.69, 9.17) is 17.3 Å². The molecule has 2 N–H and O–H groups in total. The highest BCUT2D eigenvalue weighted by atomic mass is 35.5. The van der Waals surface area contributed by atoms with Crippen molar-refractivity contribution in [2.75, 3.05) is 5.73 Å². The van der Waals surface area contributed by atoms with Gasteiger partial charge in [-0.15, -0.1) is 0 Å². The number of benzene rings is 3. The summed E-state index contributed by atoms with van der Waals surface area (Å²) in [5, 5.41) is 12.0. The molecule has 6 nitrogen and oxygen atoms in total. The molecule has 0 atom stereocenters. The number of pyridine rings is 1. The maximum Gasteiger partial charge on any atom is 0.270 e. The zero-order valence-electron chi connectivity index (χ0n) is 14.8. The van der Waals surface area contributed by atoms with Gasteiger partial charge in [0.1, 0.15) is 11.6 Å². The third-order valence-electron chi connectivity index (χ3n) is 4.65. The van der Waals surface area contributed by atoms with Gasteiger partial charge in [0.2, 0.25) is 0 Å². The second kappa shape index (κ2) is 7.03. The summed E-state index contributed by atoms with van der Waals surface area (Å²) in [5.74, 6) is -0.675. The van der Waals surface area contributed by atoms with Crippen LogP contribution in [0.15, 0.2) is 71.5 Å². The molecule has 0 saturated heterocycles. The van der Waals surface area contributed by atoms with Gasteiger partial charge in [-0.3, -0.25) is 19.5 Å². The number of nitrogens with zero attached hydrogens (tertiary/aromatic N) is 2. The summed E-state index contributed by atoms with van der Waals surface area (Å²) in [4.78, 5) is 23.8. The first-order valence-corrected chi connectivity index (χ1v) is 8.90. The number of hydrogen-bond acceptors (Lipinski definition) is 4. The van der Waals surface area contributed by atoms with E-state index < -0.39 is 16.3 Å². The minimum Gasteiger partial charge on any atom is -0.384 e. The first-order valence-electron chi connectivity index (χ1n) is 8.52. The van der Waals surface area contributed by atoms with Crippen molar-refractivity contribution in [3.8, 4) is 16.8 Å². The van der Waals surface area contributed by atoms with Gasteiger partial charge in [0.15, 0.2) is 0 Å². The molecule has 4 aromatic rings. The lowest BCUT2D eigenvalue weighted by molar-refractivity contribution is -0.384. The first-order chi connectivity index (χ1) is 13.9. The van der Waals surface area contributed by atoms with E-state index in [1.54, 1.807) is 30.3 Å². The molecule has 0 saturated carbocycles. The fraction of sp³-hybridized carbons (Fsp3) is 0. The number of para-hydroxylation sites is 1. The Labute approximate surface area is 168 Å². The summed E-state index contributed by atoms with van der Waals surface area (Å²) in [6.07, 6.45) is 0. The molecule has 29 heavy (non-hydrogen) atoms. The number of hydrogen-bond donors (Lipinski definition) is 1. The number of aromatic nitrogens is 1. The van der Waals surface area contributed by atoms with Crippen molar-refractivity contribution in [2.24, 2.45) is 0 Å². The van der Waals surface area contributed by atoms with Gasteiger partial charge in [-0.1, -0.05) is 41.9 Å². The molecule has 1 heterocycles. The van der Waals surface area contributed by atoms with E-state index in [0.29, 0.717) is 21.5 Å². The molecule has 4 rings (SSSR count). The SMILES string of the molecule is Nc1c(-c2ccccc2Cl)c2ccc([N+](=O)[O-])cc2c(=O)n1-c1ccccc1F. The molecule has 0 radical (unpaired) electrons. The third kappa shape index (κ3) is 3.01. The Balaban J connectivity index is 2.23. The molecule has 0 unspecified atom stereocenters. The van der Waals surface area contributed by atoms with Crippen molar-refractivity contribution >= 4 is 33.9 Å². The molecule has 0 aliphatic rings. The van der Waals surface area contributed by atoms with Crippen LogP contribution < -0.4 is 11.3 Å². The quantitative estimate of drug-likeness (QED) is 0.383. The van der Waals surface area contributed by atoms with E-state index in [0.717, 1.165) is 10.6 Å². The fourth-order valence-corrected chi connectivity index (χ4v) is 3.57. The number of fused-ring (bicyclic) bond motifs is 1. The highest BCUT2D eigenvalue weighted by molar-refractivity contribution is 6.34. The summed E-state index contributed by atoms with van der Waals surface area (Å²) in [5.41, 5.74) is 6.29. The van der Waals surface area contributed by atoms with Crippen LogP contribution in [0.1, 0.15) is 0 Å². The number of nitro groups is 1. The van der Waals surface area contributed by atoms with Gasteiger partial charge in [0.25, 0.3) is 11.2 Å². The Hall–Kier alpha value is -3.71. The second-order valence-electron chi connectivity index (χ2n) is 6.32. The molecule has 0 fully saturated rings. The van der Waals surface area contributed by atoms with Gasteiger partial charge < -0.3 is 5.73 Å². The van der Waals surface area contributed by atoms with Crippen LogP contribution >= 0.6 is 11.6 Å². The molecule has 0 amide bonds. The lowest BCUT2D eigenvalue weighted by Crippen LogP contribution is -2.23. The van der Waals surface area contributed by atoms with E-state index in [-0.39, 0.29) is 22.6 Å². The first kappa shape index (κ1) is 18.6. The maximum absolute atomic E-state index is 14.5. The van der Waals surface area contributed by atoms with Crippen molar-refractivity contribution in [2.45, 2.75) is 0 Å². The van der Waals surface area contributed by atoms with Crippen LogP contribution in [0.5, 0.6) is 0 Å². The molecule has 0 spiro atoms. The molecule has 144 valence electrons. The normalized spacial score (nSPS) is 11.0. The number of halogens is 2. The number of nitrogens with two attached hydrogens (primary N) is 1. The Kier molecular flexibility index (Phi) is 4.52. The molecule has 0 aliphatic heterocycles. The molecule has 3 aromatic carbocycles. The maximum atomic E-state index is 14.5. The summed E-state index contributed by atoms with van der Waals surface area (Å²) in [7, 11) is 0. The number of non-ortho nitro benzene ring substituents is 1. The Bertz CT molecular complexity index is 1350. The summed E-state index contributed by atoms with van der Waals surface area (Å²) >= 11 is 6.36. The van der Waals surface area contributed by atoms with E-state index in [1.165, 1.54) is 30.3 Å². The lowest BCUT2D eigenvalue weighted by atomic mass is 9.98. The van der Waals surface area contributed by atoms with Crippen LogP contribution in [-0.4, -0.2) is 9.49 Å². The highest BCUT2D eigenvalue weighted by Gasteiger charge is 2.22. The van der Waals surface area contributed by atoms with Crippen LogP contribution in [0.2, 0.25) is 5.02 Å². The average molecular weight is 410 g/mol. The van der Waals surface area contributed by atoms with Gasteiger partial charge in [0, 0.05) is 28.3 Å². The van der Waals surface area contributed by atoms with Crippen molar-refractivity contribution in [1.82, 2.24) is 4.57 Å². The Morgan fingerprint density at radius 1 is 1.00 bits per heavy atom. The number of nitro benzene ring substituents is 1. The van der Waals surface area contributed by atoms with E-state index in [2.05, 4.69) is 0 Å². The zero-order valence-corrected chi connectivity index (χ0v) is 15.6. The standard InChI is InChI=1S/C21H13ClFN3O3/c22-16-6-2-1-5-14(16)19-13-10-9-12(26(28)29)11-15(13)21(27)25(20(19)24)18-8-4-3-7-17(18)23/h1-11H,24H2. The fourth-order valence-electron chi connectivity index (χ4n) is 3.34. The molecular weight excluding hydrogens is 397 g/mol. The highest BCUT2D eigenvalue weighted by Crippen LogP contribution is 2.38. The predicted octanol–water partition coefficient (Wildman–Crippen LogP) is 4.94. The topological polar surface area (TPSA) is 91.2 Å². The Morgan fingerprint density at radius 3 is 2.38 bits per heavy atom. The monoisotopic (exact) mass is 409 g/mol. The van der Waals surface area contributed by atoms with E-state index >= 15 is 0 Å². The summed E-state index contributed by atoms with van der Waals surface area (Å²) < 4.78 is 15.5. The van der Waals surface area contributed by atoms with Crippen LogP contribution in [0.25, 0.3) is 27.6 Å². The van der Waals surface area contributed by atoms with Gasteiger partial charge in [-0.25, -0.2) is 4.39 Å². The minimum absolute atomic E-state index is 0.0189. The molecule has 1 aromatic heterocycles. The molecule has 0 aliphatic carbocycles. The molecule has 0 bridgehead atoms. The lowest BCUT2D eigenvalue weighted by Gasteiger charge is -2.18. The van der Waals surface area contributed by atoms with Crippen LogP contribution in [-0.2, 0) is 0 Å². The van der Waals surface area contributed by atoms with Crippen LogP contribution in [0, 0.1) is 15.9 Å². The van der Waals surface area contributed by atoms with E-state index in [1.807, 2.05) is 0 Å². The summed E-state index contributed by atoms with van der Waals surface area (Å²) in [6.45, 7) is 0. The largest absolute Gasteiger partial charge is 0.384 e. The van der Waals surface area contributed by atoms with Crippen LogP contribution in [0.3, 0.4) is 0 Å². The zero-order chi connectivity index (χ0) is 20.7. The molecular formula is C21H13ClFN3O3. The second-order valence-corrected chi connectivity index (χ2v) is 6.73. The van der Waals surface area contributed by atoms with Gasteiger partial charge in [-0.2, -0.15) is 0 Å². The van der Waals surface area contributed by atoms with E-state index in [9.17, 15) is 19.3 Å². The smallest absolute Gasteiger partial charge is 0.270 e. The van der Waals surface area contributed by atoms with Crippen molar-refractivity contribution < 1.29 is 9.31 Å².